The molecule has 2 heterocycles. The Morgan fingerprint density at radius 1 is 1.38 bits per heavy atom. The normalized spacial score (nSPS) is 25.6. The average Bonchev–Trinajstić information content (AvgIpc) is 2.95. The van der Waals surface area contributed by atoms with Crippen LogP contribution in [-0.2, 0) is 0 Å². The Morgan fingerprint density at radius 3 is 2.67 bits per heavy atom. The molecule has 1 fully saturated rings. The molecular weight excluding hydrogens is 302 g/mol. The summed E-state index contributed by atoms with van der Waals surface area (Å²) in [6.45, 7) is 6.94. The maximum atomic E-state index is 10.3. The van der Waals surface area contributed by atoms with Gasteiger partial charge in [0, 0.05) is 22.7 Å². The molecule has 0 unspecified atom stereocenters. The number of anilines is 1. The SMILES string of the molecule is Cc1ccsc1-c1ccc(N2CC[C@](C)(O)[C@@H]2C)cc1Cl. The van der Waals surface area contributed by atoms with Crippen LogP contribution in [0.3, 0.4) is 0 Å². The smallest absolute Gasteiger partial charge is 0.0836 e. The molecule has 0 bridgehead atoms. The van der Waals surface area contributed by atoms with Crippen molar-refractivity contribution in [1.82, 2.24) is 0 Å². The van der Waals surface area contributed by atoms with Crippen LogP contribution < -0.4 is 4.90 Å². The minimum atomic E-state index is -0.629. The second kappa shape index (κ2) is 5.31. The highest BCUT2D eigenvalue weighted by Crippen LogP contribution is 2.39. The molecular formula is C17H20ClNOS. The van der Waals surface area contributed by atoms with Crippen LogP contribution in [-0.4, -0.2) is 23.3 Å². The quantitative estimate of drug-likeness (QED) is 0.864. The van der Waals surface area contributed by atoms with E-state index < -0.39 is 5.60 Å². The summed E-state index contributed by atoms with van der Waals surface area (Å²) in [4.78, 5) is 3.46. The Morgan fingerprint density at radius 2 is 2.14 bits per heavy atom. The summed E-state index contributed by atoms with van der Waals surface area (Å²) in [6.07, 6.45) is 0.789. The van der Waals surface area contributed by atoms with Crippen molar-refractivity contribution >= 4 is 28.6 Å². The van der Waals surface area contributed by atoms with Gasteiger partial charge >= 0.3 is 0 Å². The van der Waals surface area contributed by atoms with Gasteiger partial charge < -0.3 is 10.0 Å². The lowest BCUT2D eigenvalue weighted by atomic mass is 9.99. The molecule has 1 aliphatic rings. The van der Waals surface area contributed by atoms with Crippen LogP contribution in [0.1, 0.15) is 25.8 Å². The van der Waals surface area contributed by atoms with Gasteiger partial charge in [-0.2, -0.15) is 0 Å². The largest absolute Gasteiger partial charge is 0.388 e. The summed E-state index contributed by atoms with van der Waals surface area (Å²) in [6, 6.07) is 8.44. The fourth-order valence-corrected chi connectivity index (χ4v) is 4.25. The first-order chi connectivity index (χ1) is 9.90. The third kappa shape index (κ3) is 2.59. The zero-order valence-corrected chi connectivity index (χ0v) is 14.1. The van der Waals surface area contributed by atoms with Gasteiger partial charge in [-0.15, -0.1) is 11.3 Å². The Hall–Kier alpha value is -1.03. The molecule has 1 aliphatic heterocycles. The molecule has 112 valence electrons. The van der Waals surface area contributed by atoms with Crippen LogP contribution in [0.2, 0.25) is 5.02 Å². The van der Waals surface area contributed by atoms with Crippen LogP contribution in [0.15, 0.2) is 29.6 Å². The van der Waals surface area contributed by atoms with Crippen molar-refractivity contribution in [2.45, 2.75) is 38.8 Å². The second-order valence-electron chi connectivity index (χ2n) is 6.07. The fourth-order valence-electron chi connectivity index (χ4n) is 2.95. The number of thiophene rings is 1. The fraction of sp³-hybridized carbons (Fsp3) is 0.412. The van der Waals surface area contributed by atoms with E-state index in [1.54, 1.807) is 11.3 Å². The molecule has 2 aromatic rings. The molecule has 21 heavy (non-hydrogen) atoms. The van der Waals surface area contributed by atoms with Gasteiger partial charge in [0.1, 0.15) is 0 Å². The lowest BCUT2D eigenvalue weighted by molar-refractivity contribution is 0.0566. The van der Waals surface area contributed by atoms with Gasteiger partial charge in [-0.25, -0.2) is 0 Å². The van der Waals surface area contributed by atoms with Gasteiger partial charge in [-0.3, -0.25) is 0 Å². The Kier molecular flexibility index (Phi) is 3.76. The first kappa shape index (κ1) is 14.9. The summed E-state index contributed by atoms with van der Waals surface area (Å²) in [5.74, 6) is 0. The van der Waals surface area contributed by atoms with E-state index in [2.05, 4.69) is 42.3 Å². The summed E-state index contributed by atoms with van der Waals surface area (Å²) >= 11 is 8.22. The highest BCUT2D eigenvalue weighted by molar-refractivity contribution is 7.13. The van der Waals surface area contributed by atoms with E-state index >= 15 is 0 Å². The molecule has 3 rings (SSSR count). The first-order valence-electron chi connectivity index (χ1n) is 7.23. The summed E-state index contributed by atoms with van der Waals surface area (Å²) < 4.78 is 0. The molecule has 1 aromatic carbocycles. The topological polar surface area (TPSA) is 23.5 Å². The van der Waals surface area contributed by atoms with Crippen LogP contribution in [0.4, 0.5) is 5.69 Å². The van der Waals surface area contributed by atoms with Crippen LogP contribution in [0, 0.1) is 6.92 Å². The van der Waals surface area contributed by atoms with Crippen molar-refractivity contribution in [3.05, 3.63) is 40.2 Å². The van der Waals surface area contributed by atoms with Gasteiger partial charge in [-0.1, -0.05) is 11.6 Å². The maximum absolute atomic E-state index is 10.3. The van der Waals surface area contributed by atoms with Gasteiger partial charge in [0.2, 0.25) is 0 Å². The van der Waals surface area contributed by atoms with Crippen LogP contribution in [0.25, 0.3) is 10.4 Å². The first-order valence-corrected chi connectivity index (χ1v) is 8.49. The summed E-state index contributed by atoms with van der Waals surface area (Å²) in [5.41, 5.74) is 2.80. The molecule has 0 spiro atoms. The minimum Gasteiger partial charge on any atom is -0.388 e. The molecule has 0 amide bonds. The summed E-state index contributed by atoms with van der Waals surface area (Å²) in [5, 5.41) is 13.2. The predicted octanol–water partition coefficient (Wildman–Crippen LogP) is 4.73. The van der Waals surface area contributed by atoms with Gasteiger partial charge in [0.05, 0.1) is 16.7 Å². The van der Waals surface area contributed by atoms with Crippen LogP contribution >= 0.6 is 22.9 Å². The molecule has 2 nitrogen and oxygen atoms in total. The second-order valence-corrected chi connectivity index (χ2v) is 7.40. The average molecular weight is 322 g/mol. The molecule has 1 aromatic heterocycles. The monoisotopic (exact) mass is 321 g/mol. The van der Waals surface area contributed by atoms with Gasteiger partial charge in [0.25, 0.3) is 0 Å². The van der Waals surface area contributed by atoms with E-state index in [-0.39, 0.29) is 6.04 Å². The van der Waals surface area contributed by atoms with Crippen LogP contribution in [0.5, 0.6) is 0 Å². The number of aliphatic hydroxyl groups is 1. The lowest BCUT2D eigenvalue weighted by Gasteiger charge is -2.30. The van der Waals surface area contributed by atoms with Crippen molar-refractivity contribution < 1.29 is 5.11 Å². The molecule has 2 atom stereocenters. The molecule has 4 heteroatoms. The van der Waals surface area contributed by atoms with E-state index in [9.17, 15) is 5.11 Å². The molecule has 0 saturated carbocycles. The standard InChI is InChI=1S/C17H20ClNOS/c1-11-6-9-21-16(11)14-5-4-13(10-15(14)18)19-8-7-17(3,20)12(19)2/h4-6,9-10,12,20H,7-8H2,1-3H3/t12-,17-/m0/s1. The number of aryl methyl sites for hydroxylation is 1. The molecule has 1 saturated heterocycles. The Balaban J connectivity index is 1.94. The Bertz CT molecular complexity index is 665. The van der Waals surface area contributed by atoms with Gasteiger partial charge in [0.15, 0.2) is 0 Å². The highest BCUT2D eigenvalue weighted by atomic mass is 35.5. The summed E-state index contributed by atoms with van der Waals surface area (Å²) in [7, 11) is 0. The van der Waals surface area contributed by atoms with Crippen molar-refractivity contribution in [2.75, 3.05) is 11.4 Å². The zero-order chi connectivity index (χ0) is 15.2. The van der Waals surface area contributed by atoms with E-state index in [1.807, 2.05) is 13.0 Å². The highest BCUT2D eigenvalue weighted by Gasteiger charge is 2.39. The predicted molar refractivity (Wildman–Crippen MR) is 91.6 cm³/mol. The van der Waals surface area contributed by atoms with Crippen molar-refractivity contribution in [3.63, 3.8) is 0 Å². The number of halogens is 1. The number of benzene rings is 1. The molecule has 0 aliphatic carbocycles. The zero-order valence-electron chi connectivity index (χ0n) is 12.6. The third-order valence-corrected chi connectivity index (χ3v) is 5.98. The van der Waals surface area contributed by atoms with Crippen molar-refractivity contribution in [1.29, 1.82) is 0 Å². The van der Waals surface area contributed by atoms with E-state index in [0.717, 1.165) is 29.2 Å². The number of rotatable bonds is 2. The number of hydrogen-bond donors (Lipinski definition) is 1. The van der Waals surface area contributed by atoms with E-state index in [4.69, 9.17) is 11.6 Å². The number of nitrogens with zero attached hydrogens (tertiary/aromatic N) is 1. The van der Waals surface area contributed by atoms with Crippen molar-refractivity contribution in [2.24, 2.45) is 0 Å². The minimum absolute atomic E-state index is 0.0999. The lowest BCUT2D eigenvalue weighted by Crippen LogP contribution is -2.40. The molecule has 1 N–H and O–H groups in total. The van der Waals surface area contributed by atoms with E-state index in [1.165, 1.54) is 10.4 Å². The maximum Gasteiger partial charge on any atom is 0.0836 e. The molecule has 0 radical (unpaired) electrons. The number of hydrogen-bond acceptors (Lipinski definition) is 3. The van der Waals surface area contributed by atoms with Crippen molar-refractivity contribution in [3.8, 4) is 10.4 Å². The Labute approximate surface area is 135 Å². The van der Waals surface area contributed by atoms with E-state index in [0.29, 0.717) is 0 Å². The third-order valence-electron chi connectivity index (χ3n) is 4.62. The van der Waals surface area contributed by atoms with Gasteiger partial charge in [-0.05, 0) is 62.4 Å².